The summed E-state index contributed by atoms with van der Waals surface area (Å²) in [5, 5.41) is 6.72. The first kappa shape index (κ1) is 13.4. The van der Waals surface area contributed by atoms with Crippen LogP contribution in [0.3, 0.4) is 0 Å². The molecule has 100 valence electrons. The summed E-state index contributed by atoms with van der Waals surface area (Å²) in [6.07, 6.45) is 1.46. The number of rotatable bonds is 4. The van der Waals surface area contributed by atoms with Gasteiger partial charge in [0.1, 0.15) is 6.33 Å². The summed E-state index contributed by atoms with van der Waals surface area (Å²) in [5.74, 6) is 1.72. The van der Waals surface area contributed by atoms with Gasteiger partial charge in [0.25, 0.3) is 0 Å². The average molecular weight is 279 g/mol. The number of anilines is 3. The van der Waals surface area contributed by atoms with Crippen molar-refractivity contribution < 1.29 is 4.74 Å². The Morgan fingerprint density at radius 3 is 2.58 bits per heavy atom. The minimum absolute atomic E-state index is 0.543. The van der Waals surface area contributed by atoms with Crippen LogP contribution in [0.4, 0.5) is 17.3 Å². The summed E-state index contributed by atoms with van der Waals surface area (Å²) in [6.45, 7) is 1.99. The van der Waals surface area contributed by atoms with Gasteiger partial charge in [-0.15, -0.1) is 0 Å². The molecule has 0 aliphatic carbocycles. The van der Waals surface area contributed by atoms with Crippen LogP contribution >= 0.6 is 11.6 Å². The van der Waals surface area contributed by atoms with Crippen molar-refractivity contribution in [1.29, 1.82) is 0 Å². The molecule has 0 aliphatic heterocycles. The highest BCUT2D eigenvalue weighted by Gasteiger charge is 2.12. The Bertz CT molecular complexity index is 589. The van der Waals surface area contributed by atoms with Crippen LogP contribution in [0.15, 0.2) is 24.5 Å². The Morgan fingerprint density at radius 1 is 1.21 bits per heavy atom. The lowest BCUT2D eigenvalue weighted by molar-refractivity contribution is 0.415. The Balaban J connectivity index is 2.37. The fourth-order valence-corrected chi connectivity index (χ4v) is 1.97. The number of ether oxygens (including phenoxy) is 1. The molecule has 19 heavy (non-hydrogen) atoms. The maximum Gasteiger partial charge on any atom is 0.204 e. The second-order valence-electron chi connectivity index (χ2n) is 3.96. The zero-order valence-corrected chi connectivity index (χ0v) is 11.7. The second kappa shape index (κ2) is 5.75. The number of nitrogens with one attached hydrogen (secondary N) is 2. The van der Waals surface area contributed by atoms with Crippen LogP contribution in [0, 0.1) is 6.92 Å². The van der Waals surface area contributed by atoms with Crippen LogP contribution in [0.5, 0.6) is 5.75 Å². The smallest absolute Gasteiger partial charge is 0.204 e. The van der Waals surface area contributed by atoms with Gasteiger partial charge in [0.15, 0.2) is 11.6 Å². The van der Waals surface area contributed by atoms with E-state index in [4.69, 9.17) is 16.3 Å². The molecule has 0 spiro atoms. The van der Waals surface area contributed by atoms with E-state index in [0.717, 1.165) is 11.3 Å². The van der Waals surface area contributed by atoms with Gasteiger partial charge in [-0.1, -0.05) is 17.7 Å². The molecule has 2 N–H and O–H groups in total. The van der Waals surface area contributed by atoms with Crippen LogP contribution in [-0.4, -0.2) is 24.1 Å². The standard InChI is InChI=1S/C13H15ClN4O/c1-8-4-5-10(9(14)6-8)18-13-11(19-3)12(15-2)16-7-17-13/h4-7H,1-3H3,(H2,15,16,17,18). The average Bonchev–Trinajstić information content (AvgIpc) is 2.41. The molecule has 0 aliphatic rings. The number of hydrogen-bond donors (Lipinski definition) is 2. The van der Waals surface area contributed by atoms with Crippen molar-refractivity contribution in [2.24, 2.45) is 0 Å². The Morgan fingerprint density at radius 2 is 1.95 bits per heavy atom. The van der Waals surface area contributed by atoms with E-state index in [1.807, 2.05) is 25.1 Å². The molecule has 5 nitrogen and oxygen atoms in total. The molecule has 0 unspecified atom stereocenters. The Labute approximate surface area is 117 Å². The predicted molar refractivity (Wildman–Crippen MR) is 77.6 cm³/mol. The summed E-state index contributed by atoms with van der Waals surface area (Å²) in [5.41, 5.74) is 1.87. The fraction of sp³-hybridized carbons (Fsp3) is 0.231. The third-order valence-electron chi connectivity index (χ3n) is 2.62. The van der Waals surface area contributed by atoms with Gasteiger partial charge in [0, 0.05) is 7.05 Å². The van der Waals surface area contributed by atoms with Gasteiger partial charge in [-0.25, -0.2) is 9.97 Å². The van der Waals surface area contributed by atoms with E-state index in [1.54, 1.807) is 14.2 Å². The topological polar surface area (TPSA) is 59.1 Å². The van der Waals surface area contributed by atoms with E-state index in [1.165, 1.54) is 6.33 Å². The van der Waals surface area contributed by atoms with Gasteiger partial charge < -0.3 is 15.4 Å². The van der Waals surface area contributed by atoms with Crippen LogP contribution in [0.1, 0.15) is 5.56 Å². The number of aromatic nitrogens is 2. The van der Waals surface area contributed by atoms with E-state index in [-0.39, 0.29) is 0 Å². The van der Waals surface area contributed by atoms with Gasteiger partial charge >= 0.3 is 0 Å². The molecule has 0 radical (unpaired) electrons. The number of benzene rings is 1. The molecule has 2 rings (SSSR count). The van der Waals surface area contributed by atoms with Crippen molar-refractivity contribution in [2.75, 3.05) is 24.8 Å². The summed E-state index contributed by atoms with van der Waals surface area (Å²) in [7, 11) is 3.34. The van der Waals surface area contributed by atoms with E-state index in [2.05, 4.69) is 20.6 Å². The number of aryl methyl sites for hydroxylation is 1. The molecule has 0 bridgehead atoms. The van der Waals surface area contributed by atoms with Crippen molar-refractivity contribution in [2.45, 2.75) is 6.92 Å². The number of methoxy groups -OCH3 is 1. The highest BCUT2D eigenvalue weighted by molar-refractivity contribution is 6.33. The molecule has 0 atom stereocenters. The van der Waals surface area contributed by atoms with Crippen molar-refractivity contribution in [3.63, 3.8) is 0 Å². The van der Waals surface area contributed by atoms with Gasteiger partial charge in [0.05, 0.1) is 17.8 Å². The molecule has 1 heterocycles. The molecule has 1 aromatic carbocycles. The van der Waals surface area contributed by atoms with Gasteiger partial charge in [-0.05, 0) is 24.6 Å². The third-order valence-corrected chi connectivity index (χ3v) is 2.94. The van der Waals surface area contributed by atoms with Crippen molar-refractivity contribution in [1.82, 2.24) is 9.97 Å². The second-order valence-corrected chi connectivity index (χ2v) is 4.37. The highest BCUT2D eigenvalue weighted by atomic mass is 35.5. The monoisotopic (exact) mass is 278 g/mol. The SMILES string of the molecule is CNc1ncnc(Nc2ccc(C)cc2Cl)c1OC. The molecule has 2 aromatic rings. The van der Waals surface area contributed by atoms with Crippen molar-refractivity contribution in [3.05, 3.63) is 35.1 Å². The molecular weight excluding hydrogens is 264 g/mol. The summed E-state index contributed by atoms with van der Waals surface area (Å²) < 4.78 is 5.31. The predicted octanol–water partition coefficient (Wildman–Crippen LogP) is 3.23. The van der Waals surface area contributed by atoms with Crippen LogP contribution in [0.2, 0.25) is 5.02 Å². The molecule has 0 fully saturated rings. The Hall–Kier alpha value is -2.01. The molecule has 1 aromatic heterocycles. The first-order valence-corrected chi connectivity index (χ1v) is 6.13. The largest absolute Gasteiger partial charge is 0.490 e. The molecular formula is C13H15ClN4O. The van der Waals surface area contributed by atoms with E-state index in [9.17, 15) is 0 Å². The van der Waals surface area contributed by atoms with Crippen LogP contribution in [-0.2, 0) is 0 Å². The molecule has 6 heteroatoms. The zero-order chi connectivity index (χ0) is 13.8. The van der Waals surface area contributed by atoms with Gasteiger partial charge in [-0.3, -0.25) is 0 Å². The number of hydrogen-bond acceptors (Lipinski definition) is 5. The summed E-state index contributed by atoms with van der Waals surface area (Å²) in [4.78, 5) is 8.26. The molecule has 0 saturated heterocycles. The lowest BCUT2D eigenvalue weighted by atomic mass is 10.2. The van der Waals surface area contributed by atoms with Crippen molar-refractivity contribution in [3.8, 4) is 5.75 Å². The molecule has 0 amide bonds. The normalized spacial score (nSPS) is 10.1. The lowest BCUT2D eigenvalue weighted by Crippen LogP contribution is -2.03. The maximum absolute atomic E-state index is 6.19. The number of halogens is 1. The minimum Gasteiger partial charge on any atom is -0.490 e. The quantitative estimate of drug-likeness (QED) is 0.899. The van der Waals surface area contributed by atoms with Crippen LogP contribution in [0.25, 0.3) is 0 Å². The fourth-order valence-electron chi connectivity index (χ4n) is 1.68. The maximum atomic E-state index is 6.19. The third kappa shape index (κ3) is 2.88. The van der Waals surface area contributed by atoms with E-state index < -0.39 is 0 Å². The van der Waals surface area contributed by atoms with E-state index in [0.29, 0.717) is 22.4 Å². The zero-order valence-electron chi connectivity index (χ0n) is 11.0. The van der Waals surface area contributed by atoms with Gasteiger partial charge in [-0.2, -0.15) is 0 Å². The van der Waals surface area contributed by atoms with Crippen LogP contribution < -0.4 is 15.4 Å². The Kier molecular flexibility index (Phi) is 4.06. The number of nitrogens with zero attached hydrogens (tertiary/aromatic N) is 2. The van der Waals surface area contributed by atoms with Gasteiger partial charge in [0.2, 0.25) is 5.75 Å². The minimum atomic E-state index is 0.543. The van der Waals surface area contributed by atoms with Crippen molar-refractivity contribution >= 4 is 28.9 Å². The molecule has 0 saturated carbocycles. The van der Waals surface area contributed by atoms with E-state index >= 15 is 0 Å². The lowest BCUT2D eigenvalue weighted by Gasteiger charge is -2.13. The summed E-state index contributed by atoms with van der Waals surface area (Å²) in [6, 6.07) is 5.76. The first-order valence-electron chi connectivity index (χ1n) is 5.75. The summed E-state index contributed by atoms with van der Waals surface area (Å²) >= 11 is 6.19. The first-order chi connectivity index (χ1) is 9.15. The highest BCUT2D eigenvalue weighted by Crippen LogP contribution is 2.33.